The molecule has 0 spiro atoms. The molecule has 0 aliphatic heterocycles. The minimum atomic E-state index is -1.14. The van der Waals surface area contributed by atoms with Crippen LogP contribution >= 0.6 is 15.9 Å². The number of esters is 1. The van der Waals surface area contributed by atoms with Crippen LogP contribution in [0.2, 0.25) is 0 Å². The van der Waals surface area contributed by atoms with Crippen molar-refractivity contribution in [2.45, 2.75) is 44.6 Å². The van der Waals surface area contributed by atoms with Crippen molar-refractivity contribution in [3.8, 4) is 5.75 Å². The zero-order valence-electron chi connectivity index (χ0n) is 16.1. The highest BCUT2D eigenvalue weighted by atomic mass is 79.9. The van der Waals surface area contributed by atoms with Crippen LogP contribution in [-0.2, 0) is 10.3 Å². The predicted molar refractivity (Wildman–Crippen MR) is 110 cm³/mol. The number of carbonyl (C=O) groups is 1. The normalized spacial score (nSPS) is 13.1. The largest absolute Gasteiger partial charge is 0.496 e. The third-order valence-corrected chi connectivity index (χ3v) is 5.42. The van der Waals surface area contributed by atoms with Crippen LogP contribution in [0.1, 0.15) is 60.5 Å². The van der Waals surface area contributed by atoms with Crippen LogP contribution in [0.5, 0.6) is 5.75 Å². The van der Waals surface area contributed by atoms with Crippen LogP contribution in [0.15, 0.2) is 46.9 Å². The molecule has 2 aromatic rings. The van der Waals surface area contributed by atoms with Gasteiger partial charge in [-0.25, -0.2) is 4.79 Å². The standard InChI is InChI=1S/C22H27BrO4/c1-4-5-6-7-14-22(25,18-12-13-20(26-2)19(23)15-18)17-10-8-16(9-11-17)21(24)27-3/h8-13,15,25H,4-7,14H2,1-3H3. The smallest absolute Gasteiger partial charge is 0.337 e. The maximum Gasteiger partial charge on any atom is 0.337 e. The van der Waals surface area contributed by atoms with E-state index in [0.717, 1.165) is 41.3 Å². The Morgan fingerprint density at radius 3 is 2.26 bits per heavy atom. The Labute approximate surface area is 169 Å². The molecule has 1 atom stereocenters. The summed E-state index contributed by atoms with van der Waals surface area (Å²) in [5.74, 6) is 0.327. The molecule has 1 unspecified atom stereocenters. The molecule has 4 nitrogen and oxygen atoms in total. The molecule has 0 radical (unpaired) electrons. The van der Waals surface area contributed by atoms with Gasteiger partial charge in [0.05, 0.1) is 24.3 Å². The molecular weight excluding hydrogens is 408 g/mol. The molecule has 0 bridgehead atoms. The summed E-state index contributed by atoms with van der Waals surface area (Å²) >= 11 is 3.51. The molecule has 0 saturated carbocycles. The molecule has 0 fully saturated rings. The first-order chi connectivity index (χ1) is 13.0. The van der Waals surface area contributed by atoms with Gasteiger partial charge >= 0.3 is 5.97 Å². The molecule has 0 heterocycles. The molecule has 27 heavy (non-hydrogen) atoms. The van der Waals surface area contributed by atoms with Crippen LogP contribution in [0, 0.1) is 0 Å². The third-order valence-electron chi connectivity index (χ3n) is 4.81. The fourth-order valence-electron chi connectivity index (χ4n) is 3.19. The van der Waals surface area contributed by atoms with E-state index >= 15 is 0 Å². The number of carbonyl (C=O) groups excluding carboxylic acids is 1. The summed E-state index contributed by atoms with van der Waals surface area (Å²) in [6, 6.07) is 12.6. The topological polar surface area (TPSA) is 55.8 Å². The molecule has 0 saturated heterocycles. The summed E-state index contributed by atoms with van der Waals surface area (Å²) in [5.41, 5.74) is 0.865. The van der Waals surface area contributed by atoms with Gasteiger partial charge in [0, 0.05) is 0 Å². The van der Waals surface area contributed by atoms with Gasteiger partial charge in [-0.2, -0.15) is 0 Å². The van der Waals surface area contributed by atoms with Crippen molar-refractivity contribution in [1.82, 2.24) is 0 Å². The van der Waals surface area contributed by atoms with Crippen LogP contribution in [0.3, 0.4) is 0 Å². The van der Waals surface area contributed by atoms with Gasteiger partial charge in [-0.1, -0.05) is 44.4 Å². The fourth-order valence-corrected chi connectivity index (χ4v) is 3.73. The highest BCUT2D eigenvalue weighted by Gasteiger charge is 2.31. The summed E-state index contributed by atoms with van der Waals surface area (Å²) in [6.07, 6.45) is 4.86. The van der Waals surface area contributed by atoms with Crippen molar-refractivity contribution in [2.24, 2.45) is 0 Å². The highest BCUT2D eigenvalue weighted by molar-refractivity contribution is 9.10. The van der Waals surface area contributed by atoms with E-state index in [-0.39, 0.29) is 5.97 Å². The summed E-state index contributed by atoms with van der Waals surface area (Å²) in [7, 11) is 2.97. The lowest BCUT2D eigenvalue weighted by atomic mass is 9.81. The lowest BCUT2D eigenvalue weighted by molar-refractivity contribution is 0.0596. The molecule has 0 aromatic heterocycles. The molecule has 0 aliphatic carbocycles. The number of methoxy groups -OCH3 is 2. The maximum atomic E-state index is 11.7. The number of halogens is 1. The van der Waals surface area contributed by atoms with Crippen LogP contribution in [0.4, 0.5) is 0 Å². The lowest BCUT2D eigenvalue weighted by Gasteiger charge is -2.30. The molecule has 5 heteroatoms. The summed E-state index contributed by atoms with van der Waals surface area (Å²) in [4.78, 5) is 11.7. The van der Waals surface area contributed by atoms with Gasteiger partial charge in [0.2, 0.25) is 0 Å². The molecular formula is C22H27BrO4. The van der Waals surface area contributed by atoms with Crippen LogP contribution in [-0.4, -0.2) is 25.3 Å². The molecule has 1 N–H and O–H groups in total. The Bertz CT molecular complexity index is 757. The first-order valence-electron chi connectivity index (χ1n) is 9.21. The summed E-state index contributed by atoms with van der Waals surface area (Å²) < 4.78 is 10.9. The average Bonchev–Trinajstić information content (AvgIpc) is 2.70. The van der Waals surface area contributed by atoms with Crippen LogP contribution < -0.4 is 4.74 Å². The Hall–Kier alpha value is -1.85. The molecule has 2 rings (SSSR count). The second kappa shape index (κ2) is 9.90. The van der Waals surface area contributed by atoms with E-state index in [1.165, 1.54) is 7.11 Å². The Morgan fingerprint density at radius 1 is 1.04 bits per heavy atom. The van der Waals surface area contributed by atoms with Crippen molar-refractivity contribution >= 4 is 21.9 Å². The first-order valence-corrected chi connectivity index (χ1v) is 10.0. The number of hydrogen-bond acceptors (Lipinski definition) is 4. The number of aliphatic hydroxyl groups is 1. The van der Waals surface area contributed by atoms with E-state index in [1.54, 1.807) is 31.4 Å². The number of benzene rings is 2. The number of hydrogen-bond donors (Lipinski definition) is 1. The molecule has 2 aromatic carbocycles. The van der Waals surface area contributed by atoms with Gasteiger partial charge < -0.3 is 14.6 Å². The summed E-state index contributed by atoms with van der Waals surface area (Å²) in [5, 5.41) is 11.7. The minimum Gasteiger partial charge on any atom is -0.496 e. The van der Waals surface area contributed by atoms with E-state index in [4.69, 9.17) is 9.47 Å². The second-order valence-electron chi connectivity index (χ2n) is 6.59. The van der Waals surface area contributed by atoms with Gasteiger partial charge in [0.25, 0.3) is 0 Å². The number of unbranched alkanes of at least 4 members (excludes halogenated alkanes) is 3. The minimum absolute atomic E-state index is 0.389. The predicted octanol–water partition coefficient (Wildman–Crippen LogP) is 5.45. The number of ether oxygens (including phenoxy) is 2. The van der Waals surface area contributed by atoms with E-state index in [9.17, 15) is 9.90 Å². The highest BCUT2D eigenvalue weighted by Crippen LogP contribution is 2.38. The van der Waals surface area contributed by atoms with Crippen molar-refractivity contribution in [1.29, 1.82) is 0 Å². The first kappa shape index (κ1) is 21.5. The van der Waals surface area contributed by atoms with Crippen molar-refractivity contribution < 1.29 is 19.4 Å². The fraction of sp³-hybridized carbons (Fsp3) is 0.409. The molecule has 0 amide bonds. The van der Waals surface area contributed by atoms with Gasteiger partial charge in [-0.15, -0.1) is 0 Å². The van der Waals surface area contributed by atoms with Crippen molar-refractivity contribution in [3.63, 3.8) is 0 Å². The van der Waals surface area contributed by atoms with Crippen molar-refractivity contribution in [3.05, 3.63) is 63.6 Å². The lowest BCUT2D eigenvalue weighted by Crippen LogP contribution is -2.27. The van der Waals surface area contributed by atoms with Gasteiger partial charge in [0.1, 0.15) is 11.4 Å². The zero-order valence-corrected chi connectivity index (χ0v) is 17.7. The third kappa shape index (κ3) is 5.11. The second-order valence-corrected chi connectivity index (χ2v) is 7.44. The Morgan fingerprint density at radius 2 is 1.70 bits per heavy atom. The Balaban J connectivity index is 2.40. The van der Waals surface area contributed by atoms with Crippen LogP contribution in [0.25, 0.3) is 0 Å². The monoisotopic (exact) mass is 434 g/mol. The maximum absolute atomic E-state index is 11.7. The molecule has 0 aliphatic rings. The Kier molecular flexibility index (Phi) is 7.87. The van der Waals surface area contributed by atoms with E-state index in [1.807, 2.05) is 18.2 Å². The van der Waals surface area contributed by atoms with Crippen molar-refractivity contribution in [2.75, 3.05) is 14.2 Å². The SMILES string of the molecule is CCCCCCC(O)(c1ccc(C(=O)OC)cc1)c1ccc(OC)c(Br)c1. The van der Waals surface area contributed by atoms with E-state index in [0.29, 0.717) is 17.7 Å². The molecule has 146 valence electrons. The number of rotatable bonds is 9. The van der Waals surface area contributed by atoms with E-state index in [2.05, 4.69) is 22.9 Å². The van der Waals surface area contributed by atoms with Gasteiger partial charge in [-0.3, -0.25) is 0 Å². The van der Waals surface area contributed by atoms with Gasteiger partial charge in [-0.05, 0) is 64.2 Å². The summed E-state index contributed by atoms with van der Waals surface area (Å²) in [6.45, 7) is 2.16. The quantitative estimate of drug-likeness (QED) is 0.420. The average molecular weight is 435 g/mol. The van der Waals surface area contributed by atoms with E-state index < -0.39 is 5.60 Å². The zero-order chi connectivity index (χ0) is 19.9. The van der Waals surface area contributed by atoms with Gasteiger partial charge in [0.15, 0.2) is 0 Å².